The molecule has 2 aromatic heterocycles. The lowest BCUT2D eigenvalue weighted by atomic mass is 9.82. The van der Waals surface area contributed by atoms with E-state index in [-0.39, 0.29) is 5.41 Å². The van der Waals surface area contributed by atoms with Crippen LogP contribution in [0.5, 0.6) is 0 Å². The van der Waals surface area contributed by atoms with Crippen molar-refractivity contribution in [2.45, 2.75) is 19.3 Å². The number of fused-ring (bicyclic) bond motifs is 9. The fourth-order valence-electron chi connectivity index (χ4n) is 9.05. The summed E-state index contributed by atoms with van der Waals surface area (Å²) in [6.45, 7) is 4.61. The molecule has 0 saturated carbocycles. The molecule has 4 nitrogen and oxygen atoms in total. The van der Waals surface area contributed by atoms with Gasteiger partial charge in [-0.2, -0.15) is 5.26 Å². The first kappa shape index (κ1) is 30.5. The van der Waals surface area contributed by atoms with Crippen molar-refractivity contribution in [2.75, 3.05) is 0 Å². The van der Waals surface area contributed by atoms with Crippen LogP contribution in [0.1, 0.15) is 30.5 Å². The Bertz CT molecular complexity index is 3270. The summed E-state index contributed by atoms with van der Waals surface area (Å²) in [4.78, 5) is 10.6. The number of hydrogen-bond acceptors (Lipinski definition) is 3. The van der Waals surface area contributed by atoms with Gasteiger partial charge < -0.3 is 4.57 Å². The summed E-state index contributed by atoms with van der Waals surface area (Å²) in [7, 11) is 0. The molecule has 1 aliphatic rings. The van der Waals surface area contributed by atoms with Gasteiger partial charge in [-0.25, -0.2) is 9.97 Å². The highest BCUT2D eigenvalue weighted by molar-refractivity contribution is 6.15. The van der Waals surface area contributed by atoms with E-state index in [0.29, 0.717) is 11.4 Å². The minimum Gasteiger partial charge on any atom is -0.309 e. The molecule has 0 saturated heterocycles. The Morgan fingerprint density at radius 2 is 1.20 bits per heavy atom. The van der Waals surface area contributed by atoms with E-state index in [2.05, 4.69) is 152 Å². The highest BCUT2D eigenvalue weighted by Gasteiger charge is 2.35. The zero-order valence-corrected chi connectivity index (χ0v) is 29.8. The molecule has 8 aromatic carbocycles. The van der Waals surface area contributed by atoms with Crippen LogP contribution >= 0.6 is 0 Å². The average Bonchev–Trinajstić information content (AvgIpc) is 3.66. The van der Waals surface area contributed by atoms with Crippen molar-refractivity contribution in [1.29, 1.82) is 5.26 Å². The smallest absolute Gasteiger partial charge is 0.162 e. The number of aromatic nitrogens is 3. The second-order valence-electron chi connectivity index (χ2n) is 14.9. The zero-order chi connectivity index (χ0) is 36.1. The van der Waals surface area contributed by atoms with Crippen molar-refractivity contribution < 1.29 is 0 Å². The van der Waals surface area contributed by atoms with Crippen LogP contribution in [0.25, 0.3) is 93.7 Å². The summed E-state index contributed by atoms with van der Waals surface area (Å²) in [6, 6.07) is 58.2. The molecule has 0 amide bonds. The lowest BCUT2D eigenvalue weighted by Crippen LogP contribution is -2.15. The molecule has 0 N–H and O–H groups in total. The first-order valence-electron chi connectivity index (χ1n) is 18.4. The van der Waals surface area contributed by atoms with E-state index < -0.39 is 0 Å². The minimum atomic E-state index is -0.146. The van der Waals surface area contributed by atoms with E-state index in [0.717, 1.165) is 55.2 Å². The van der Waals surface area contributed by atoms with E-state index >= 15 is 0 Å². The second kappa shape index (κ2) is 11.2. The fraction of sp³-hybridized carbons (Fsp3) is 0.0600. The standard InChI is InChI=1S/C50H32N4/c1-50(2)41-20-10-7-15-34(41)35-24-23-32(26-42(35)50)48-39-19-8-11-21-43(39)52-49(53-48)47-33(29-51)28-45(36-16-5-6-18-38(36)47)54-44-22-12-9-17-37(44)40-25-30-13-3-4-14-31(30)27-46(40)54/h3-28H,1-2H3. The second-order valence-corrected chi connectivity index (χ2v) is 14.9. The van der Waals surface area contributed by atoms with E-state index in [9.17, 15) is 5.26 Å². The van der Waals surface area contributed by atoms with Gasteiger partial charge in [0.15, 0.2) is 5.82 Å². The van der Waals surface area contributed by atoms with Crippen LogP contribution in [0, 0.1) is 11.3 Å². The lowest BCUT2D eigenvalue weighted by molar-refractivity contribution is 0.660. The van der Waals surface area contributed by atoms with Crippen LogP contribution in [0.3, 0.4) is 0 Å². The van der Waals surface area contributed by atoms with E-state index in [1.807, 2.05) is 30.3 Å². The van der Waals surface area contributed by atoms with Crippen LogP contribution in [0.15, 0.2) is 158 Å². The largest absolute Gasteiger partial charge is 0.309 e. The van der Waals surface area contributed by atoms with Crippen molar-refractivity contribution in [1.82, 2.24) is 14.5 Å². The molecule has 2 heterocycles. The first-order chi connectivity index (χ1) is 26.5. The Morgan fingerprint density at radius 3 is 2.04 bits per heavy atom. The average molecular weight is 689 g/mol. The van der Waals surface area contributed by atoms with Gasteiger partial charge in [0.05, 0.1) is 39.6 Å². The van der Waals surface area contributed by atoms with Gasteiger partial charge in [-0.15, -0.1) is 0 Å². The monoisotopic (exact) mass is 688 g/mol. The maximum atomic E-state index is 11.0. The number of para-hydroxylation sites is 2. The number of hydrogen-bond donors (Lipinski definition) is 0. The Kier molecular flexibility index (Phi) is 6.33. The molecule has 0 bridgehead atoms. The van der Waals surface area contributed by atoms with Crippen LogP contribution in [-0.2, 0) is 5.41 Å². The summed E-state index contributed by atoms with van der Waals surface area (Å²) in [5.41, 5.74) is 12.2. The summed E-state index contributed by atoms with van der Waals surface area (Å²) in [5, 5.41) is 18.6. The molecule has 11 rings (SSSR count). The topological polar surface area (TPSA) is 54.5 Å². The highest BCUT2D eigenvalue weighted by Crippen LogP contribution is 2.50. The molecule has 0 atom stereocenters. The lowest BCUT2D eigenvalue weighted by Gasteiger charge is -2.22. The van der Waals surface area contributed by atoms with Gasteiger partial charge in [-0.05, 0) is 74.8 Å². The number of rotatable bonds is 3. The third-order valence-corrected chi connectivity index (χ3v) is 11.6. The van der Waals surface area contributed by atoms with Crippen molar-refractivity contribution in [3.63, 3.8) is 0 Å². The van der Waals surface area contributed by atoms with Gasteiger partial charge in [0.2, 0.25) is 0 Å². The number of benzene rings is 8. The molecule has 54 heavy (non-hydrogen) atoms. The van der Waals surface area contributed by atoms with Gasteiger partial charge in [-0.1, -0.05) is 135 Å². The maximum absolute atomic E-state index is 11.0. The molecule has 4 heteroatoms. The summed E-state index contributed by atoms with van der Waals surface area (Å²) in [5.74, 6) is 0.541. The molecule has 0 fully saturated rings. The molecule has 10 aromatic rings. The molecule has 252 valence electrons. The van der Waals surface area contributed by atoms with Crippen molar-refractivity contribution in [2.24, 2.45) is 0 Å². The van der Waals surface area contributed by atoms with E-state index in [1.54, 1.807) is 0 Å². The fourth-order valence-corrected chi connectivity index (χ4v) is 9.05. The van der Waals surface area contributed by atoms with E-state index in [4.69, 9.17) is 9.97 Å². The van der Waals surface area contributed by atoms with Crippen LogP contribution in [0.2, 0.25) is 0 Å². The Morgan fingerprint density at radius 1 is 0.537 bits per heavy atom. The minimum absolute atomic E-state index is 0.146. The van der Waals surface area contributed by atoms with Gasteiger partial charge in [0.1, 0.15) is 0 Å². The van der Waals surface area contributed by atoms with Gasteiger partial charge in [0.25, 0.3) is 0 Å². The third-order valence-electron chi connectivity index (χ3n) is 11.6. The maximum Gasteiger partial charge on any atom is 0.162 e. The summed E-state index contributed by atoms with van der Waals surface area (Å²) in [6.07, 6.45) is 0. The third kappa shape index (κ3) is 4.24. The van der Waals surface area contributed by atoms with Gasteiger partial charge >= 0.3 is 0 Å². The molecule has 1 aliphatic carbocycles. The predicted molar refractivity (Wildman–Crippen MR) is 222 cm³/mol. The van der Waals surface area contributed by atoms with Crippen molar-refractivity contribution >= 4 is 54.3 Å². The molecule has 0 radical (unpaired) electrons. The predicted octanol–water partition coefficient (Wildman–Crippen LogP) is 12.5. The van der Waals surface area contributed by atoms with Gasteiger partial charge in [-0.3, -0.25) is 0 Å². The van der Waals surface area contributed by atoms with Crippen molar-refractivity contribution in [3.05, 3.63) is 174 Å². The number of nitrogens with zero attached hydrogens (tertiary/aromatic N) is 4. The summed E-state index contributed by atoms with van der Waals surface area (Å²) < 4.78 is 2.32. The normalized spacial score (nSPS) is 13.1. The number of nitriles is 1. The SMILES string of the molecule is CC1(C)c2ccccc2-c2ccc(-c3nc(-c4c(C#N)cc(-n5c6ccccc6c6cc7ccccc7cc65)c5ccccc45)nc4ccccc34)cc21. The van der Waals surface area contributed by atoms with Crippen LogP contribution in [-0.4, -0.2) is 14.5 Å². The van der Waals surface area contributed by atoms with Crippen LogP contribution < -0.4 is 0 Å². The molecule has 0 spiro atoms. The molecule has 0 unspecified atom stereocenters. The van der Waals surface area contributed by atoms with E-state index in [1.165, 1.54) is 43.8 Å². The Hall–Kier alpha value is -7.09. The quantitative estimate of drug-likeness (QED) is 0.186. The Balaban J connectivity index is 1.17. The highest BCUT2D eigenvalue weighted by atomic mass is 15.0. The summed E-state index contributed by atoms with van der Waals surface area (Å²) >= 11 is 0. The Labute approximate surface area is 312 Å². The molecule has 0 aliphatic heterocycles. The van der Waals surface area contributed by atoms with Crippen LogP contribution in [0.4, 0.5) is 0 Å². The van der Waals surface area contributed by atoms with Crippen molar-refractivity contribution in [3.8, 4) is 45.5 Å². The molecular formula is C50H32N4. The molecular weight excluding hydrogens is 657 g/mol. The van der Waals surface area contributed by atoms with Gasteiger partial charge in [0, 0.05) is 38.1 Å². The first-order valence-corrected chi connectivity index (χ1v) is 18.4. The zero-order valence-electron chi connectivity index (χ0n) is 29.8.